The fourth-order valence-corrected chi connectivity index (χ4v) is 5.68. The number of carbonyl (C=O) groups excluding carboxylic acids is 1. The lowest BCUT2D eigenvalue weighted by Crippen LogP contribution is -2.49. The van der Waals surface area contributed by atoms with Crippen LogP contribution in [-0.4, -0.2) is 59.6 Å². The Kier molecular flexibility index (Phi) is 7.61. The molecule has 0 aromatic heterocycles. The molecule has 4 rings (SSSR count). The van der Waals surface area contributed by atoms with Crippen LogP contribution < -0.4 is 10.6 Å². The minimum atomic E-state index is 0.180. The van der Waals surface area contributed by atoms with E-state index >= 15 is 0 Å². The Hall–Kier alpha value is -1.66. The van der Waals surface area contributed by atoms with Crippen molar-refractivity contribution in [3.8, 4) is 0 Å². The first-order chi connectivity index (χ1) is 14.7. The number of fused-ring (bicyclic) bond motifs is 1. The van der Waals surface area contributed by atoms with Crippen LogP contribution >= 0.6 is 12.2 Å². The number of hydrogen-bond acceptors (Lipinski definition) is 3. The standard InChI is InChI=1S/C24H36N4OS/c29-23(28-16-7-10-19-8-2-3-12-22(19)28)20-9-6-11-21(18-20)26-24(30)25-13-17-27-14-4-1-5-15-27/h6,9,11,18-19,22H,1-5,7-8,10,12-17H2,(H2,25,26,30)/t19?,22-/m0/s1. The molecular formula is C24H36N4OS. The van der Waals surface area contributed by atoms with Crippen LogP contribution in [-0.2, 0) is 0 Å². The molecular weight excluding hydrogens is 392 g/mol. The van der Waals surface area contributed by atoms with Crippen LogP contribution in [0.4, 0.5) is 5.69 Å². The molecule has 0 radical (unpaired) electrons. The lowest BCUT2D eigenvalue weighted by atomic mass is 9.78. The molecule has 0 bridgehead atoms. The van der Waals surface area contributed by atoms with Crippen molar-refractivity contribution in [3.05, 3.63) is 29.8 Å². The van der Waals surface area contributed by atoms with Crippen LogP contribution in [0.1, 0.15) is 68.1 Å². The molecule has 3 fully saturated rings. The van der Waals surface area contributed by atoms with E-state index in [1.807, 2.05) is 24.3 Å². The van der Waals surface area contributed by atoms with Crippen molar-refractivity contribution in [1.29, 1.82) is 0 Å². The number of carbonyl (C=O) groups is 1. The van der Waals surface area contributed by atoms with Gasteiger partial charge in [-0.25, -0.2) is 0 Å². The van der Waals surface area contributed by atoms with Crippen LogP contribution in [0.3, 0.4) is 0 Å². The molecule has 1 saturated carbocycles. The van der Waals surface area contributed by atoms with Crippen molar-refractivity contribution in [2.45, 2.75) is 63.8 Å². The second-order valence-corrected chi connectivity index (χ2v) is 9.52. The number of piperidine rings is 2. The van der Waals surface area contributed by atoms with Crippen molar-refractivity contribution in [2.24, 2.45) is 5.92 Å². The summed E-state index contributed by atoms with van der Waals surface area (Å²) in [5.41, 5.74) is 1.65. The summed E-state index contributed by atoms with van der Waals surface area (Å²) in [5.74, 6) is 0.883. The Balaban J connectivity index is 1.30. The summed E-state index contributed by atoms with van der Waals surface area (Å²) in [6, 6.07) is 8.26. The zero-order valence-corrected chi connectivity index (χ0v) is 18.9. The van der Waals surface area contributed by atoms with Gasteiger partial charge in [0.1, 0.15) is 0 Å². The normalized spacial score (nSPS) is 24.7. The van der Waals surface area contributed by atoms with E-state index in [0.29, 0.717) is 17.1 Å². The van der Waals surface area contributed by atoms with Gasteiger partial charge in [0, 0.05) is 36.9 Å². The molecule has 30 heavy (non-hydrogen) atoms. The number of benzene rings is 1. The molecule has 5 nitrogen and oxygen atoms in total. The largest absolute Gasteiger partial charge is 0.361 e. The average molecular weight is 429 g/mol. The molecule has 1 amide bonds. The molecule has 0 spiro atoms. The van der Waals surface area contributed by atoms with E-state index in [4.69, 9.17) is 12.2 Å². The predicted molar refractivity (Wildman–Crippen MR) is 127 cm³/mol. The van der Waals surface area contributed by atoms with E-state index in [0.717, 1.165) is 37.3 Å². The topological polar surface area (TPSA) is 47.6 Å². The molecule has 1 aliphatic carbocycles. The third kappa shape index (κ3) is 5.52. The molecule has 2 saturated heterocycles. The fraction of sp³-hybridized carbons (Fsp3) is 0.667. The minimum Gasteiger partial charge on any atom is -0.361 e. The minimum absolute atomic E-state index is 0.180. The van der Waals surface area contributed by atoms with Gasteiger partial charge in [-0.1, -0.05) is 25.3 Å². The third-order valence-electron chi connectivity index (χ3n) is 7.03. The van der Waals surface area contributed by atoms with Gasteiger partial charge in [-0.3, -0.25) is 4.79 Å². The first-order valence-corrected chi connectivity index (χ1v) is 12.3. The summed E-state index contributed by atoms with van der Waals surface area (Å²) in [6.07, 6.45) is 11.4. The fourth-order valence-electron chi connectivity index (χ4n) is 5.46. The van der Waals surface area contributed by atoms with E-state index in [1.54, 1.807) is 0 Å². The Morgan fingerprint density at radius 3 is 2.67 bits per heavy atom. The quantitative estimate of drug-likeness (QED) is 0.687. The number of amides is 1. The summed E-state index contributed by atoms with van der Waals surface area (Å²) in [5, 5.41) is 7.20. The zero-order chi connectivity index (χ0) is 20.8. The van der Waals surface area contributed by atoms with Gasteiger partial charge in [0.25, 0.3) is 5.91 Å². The SMILES string of the molecule is O=C(c1cccc(NC(=S)NCCN2CCCCC2)c1)N1CCCC2CCCC[C@@H]21. The van der Waals surface area contributed by atoms with Gasteiger partial charge in [-0.2, -0.15) is 0 Å². The number of rotatable bonds is 5. The first-order valence-electron chi connectivity index (χ1n) is 11.9. The maximum atomic E-state index is 13.3. The van der Waals surface area contributed by atoms with Crippen LogP contribution in [0.25, 0.3) is 0 Å². The van der Waals surface area contributed by atoms with Gasteiger partial charge in [0.15, 0.2) is 5.11 Å². The highest BCUT2D eigenvalue weighted by atomic mass is 32.1. The van der Waals surface area contributed by atoms with Gasteiger partial charge in [0.2, 0.25) is 0 Å². The number of anilines is 1. The van der Waals surface area contributed by atoms with E-state index in [1.165, 1.54) is 64.5 Å². The van der Waals surface area contributed by atoms with Crippen LogP contribution in [0.15, 0.2) is 24.3 Å². The molecule has 6 heteroatoms. The third-order valence-corrected chi connectivity index (χ3v) is 7.28. The van der Waals surface area contributed by atoms with E-state index in [9.17, 15) is 4.79 Å². The summed E-state index contributed by atoms with van der Waals surface area (Å²) in [4.78, 5) is 17.9. The molecule has 1 aromatic rings. The monoisotopic (exact) mass is 428 g/mol. The Morgan fingerprint density at radius 1 is 1.00 bits per heavy atom. The Morgan fingerprint density at radius 2 is 1.80 bits per heavy atom. The van der Waals surface area contributed by atoms with Gasteiger partial charge >= 0.3 is 0 Å². The van der Waals surface area contributed by atoms with E-state index in [2.05, 4.69) is 20.4 Å². The molecule has 3 aliphatic rings. The summed E-state index contributed by atoms with van der Waals surface area (Å²) >= 11 is 5.48. The first kappa shape index (κ1) is 21.6. The maximum Gasteiger partial charge on any atom is 0.254 e. The Bertz CT molecular complexity index is 732. The number of hydrogen-bond donors (Lipinski definition) is 2. The smallest absolute Gasteiger partial charge is 0.254 e. The molecule has 2 aliphatic heterocycles. The van der Waals surface area contributed by atoms with Crippen molar-refractivity contribution < 1.29 is 4.79 Å². The number of nitrogens with one attached hydrogen (secondary N) is 2. The lowest BCUT2D eigenvalue weighted by Gasteiger charge is -2.44. The summed E-state index contributed by atoms with van der Waals surface area (Å²) in [6.45, 7) is 5.17. The van der Waals surface area contributed by atoms with Gasteiger partial charge in [-0.05, 0) is 87.9 Å². The average Bonchev–Trinajstić information content (AvgIpc) is 2.79. The lowest BCUT2D eigenvalue weighted by molar-refractivity contribution is 0.0391. The molecule has 164 valence electrons. The maximum absolute atomic E-state index is 13.3. The highest BCUT2D eigenvalue weighted by molar-refractivity contribution is 7.80. The highest BCUT2D eigenvalue weighted by Crippen LogP contribution is 2.36. The summed E-state index contributed by atoms with van der Waals surface area (Å²) in [7, 11) is 0. The Labute approximate surface area is 186 Å². The molecule has 1 aromatic carbocycles. The number of nitrogens with zero attached hydrogens (tertiary/aromatic N) is 2. The van der Waals surface area contributed by atoms with Crippen molar-refractivity contribution >= 4 is 28.9 Å². The van der Waals surface area contributed by atoms with E-state index < -0.39 is 0 Å². The number of likely N-dealkylation sites (tertiary alicyclic amines) is 2. The predicted octanol–water partition coefficient (Wildman–Crippen LogP) is 4.25. The van der Waals surface area contributed by atoms with Crippen molar-refractivity contribution in [2.75, 3.05) is 38.0 Å². The van der Waals surface area contributed by atoms with Crippen molar-refractivity contribution in [3.63, 3.8) is 0 Å². The number of thiocarbonyl (C=S) groups is 1. The molecule has 2 heterocycles. The molecule has 2 N–H and O–H groups in total. The van der Waals surface area contributed by atoms with Crippen LogP contribution in [0.2, 0.25) is 0 Å². The highest BCUT2D eigenvalue weighted by Gasteiger charge is 2.35. The van der Waals surface area contributed by atoms with Gasteiger partial charge in [-0.15, -0.1) is 0 Å². The van der Waals surface area contributed by atoms with Crippen LogP contribution in [0, 0.1) is 5.92 Å². The van der Waals surface area contributed by atoms with E-state index in [-0.39, 0.29) is 5.91 Å². The second kappa shape index (κ2) is 10.6. The van der Waals surface area contributed by atoms with Crippen LogP contribution in [0.5, 0.6) is 0 Å². The zero-order valence-electron chi connectivity index (χ0n) is 18.1. The van der Waals surface area contributed by atoms with Gasteiger partial charge < -0.3 is 20.4 Å². The summed E-state index contributed by atoms with van der Waals surface area (Å²) < 4.78 is 0. The second-order valence-electron chi connectivity index (χ2n) is 9.12. The van der Waals surface area contributed by atoms with Crippen molar-refractivity contribution in [1.82, 2.24) is 15.1 Å². The van der Waals surface area contributed by atoms with Gasteiger partial charge in [0.05, 0.1) is 0 Å². The molecule has 2 atom stereocenters. The molecule has 1 unspecified atom stereocenters.